The van der Waals surface area contributed by atoms with Crippen molar-refractivity contribution in [3.63, 3.8) is 0 Å². The van der Waals surface area contributed by atoms with Crippen LogP contribution in [0.1, 0.15) is 39.3 Å². The van der Waals surface area contributed by atoms with Crippen molar-refractivity contribution in [2.24, 2.45) is 0 Å². The van der Waals surface area contributed by atoms with Gasteiger partial charge < -0.3 is 5.32 Å². The summed E-state index contributed by atoms with van der Waals surface area (Å²) >= 11 is 0. The van der Waals surface area contributed by atoms with E-state index in [1.165, 1.54) is 6.07 Å². The Morgan fingerprint density at radius 3 is 2.50 bits per heavy atom. The smallest absolute Gasteiger partial charge is 0.252 e. The molecular weight excluding hydrogens is 178 g/mol. The monoisotopic (exact) mass is 195 g/mol. The molecule has 0 radical (unpaired) electrons. The highest BCUT2D eigenvalue weighted by atomic mass is 16.1. The Labute approximate surface area is 83.8 Å². The van der Waals surface area contributed by atoms with E-state index in [-0.39, 0.29) is 17.5 Å². The van der Waals surface area contributed by atoms with Crippen LogP contribution >= 0.6 is 0 Å². The fourth-order valence-electron chi connectivity index (χ4n) is 1.11. The summed E-state index contributed by atoms with van der Waals surface area (Å²) < 4.78 is 0. The van der Waals surface area contributed by atoms with E-state index in [1.54, 1.807) is 0 Å². The second-order valence-corrected chi connectivity index (χ2v) is 3.97. The molecule has 0 bridgehead atoms. The van der Waals surface area contributed by atoms with Crippen LogP contribution < -0.4 is 10.9 Å². The number of hydrogen-bond donors (Lipinski definition) is 2. The van der Waals surface area contributed by atoms with Gasteiger partial charge in [-0.1, -0.05) is 13.8 Å². The molecule has 0 aliphatic rings. The Hall–Kier alpha value is -1.32. The molecule has 1 aromatic rings. The van der Waals surface area contributed by atoms with Crippen molar-refractivity contribution in [2.75, 3.05) is 5.32 Å². The Balaban J connectivity index is 3.01. The summed E-state index contributed by atoms with van der Waals surface area (Å²) in [5, 5.41) is 3.07. The van der Waals surface area contributed by atoms with Crippen molar-refractivity contribution in [1.82, 2.24) is 9.97 Å². The largest absolute Gasteiger partial charge is 0.354 e. The van der Waals surface area contributed by atoms with E-state index < -0.39 is 0 Å². The zero-order valence-corrected chi connectivity index (χ0v) is 9.09. The van der Waals surface area contributed by atoms with E-state index >= 15 is 0 Å². The Bertz CT molecular complexity index is 355. The van der Waals surface area contributed by atoms with Crippen LogP contribution in [0.25, 0.3) is 0 Å². The second kappa shape index (κ2) is 4.26. The van der Waals surface area contributed by atoms with Crippen LogP contribution in [-0.2, 0) is 0 Å². The fraction of sp³-hybridized carbons (Fsp3) is 0.600. The van der Waals surface area contributed by atoms with Gasteiger partial charge in [-0.2, -0.15) is 0 Å². The summed E-state index contributed by atoms with van der Waals surface area (Å²) in [4.78, 5) is 18.2. The lowest BCUT2D eigenvalue weighted by Crippen LogP contribution is -2.18. The molecule has 4 heteroatoms. The lowest BCUT2D eigenvalue weighted by atomic mass is 10.1. The molecule has 0 spiro atoms. The van der Waals surface area contributed by atoms with Gasteiger partial charge in [0.25, 0.3) is 5.56 Å². The number of nitrogens with zero attached hydrogens (tertiary/aromatic N) is 1. The van der Waals surface area contributed by atoms with E-state index in [1.807, 2.05) is 27.7 Å². The first kappa shape index (κ1) is 10.8. The number of H-pyrrole nitrogens is 1. The molecule has 0 saturated heterocycles. The summed E-state index contributed by atoms with van der Waals surface area (Å²) in [6, 6.07) is 1.80. The van der Waals surface area contributed by atoms with Crippen molar-refractivity contribution in [2.45, 2.75) is 39.7 Å². The average Bonchev–Trinajstić information content (AvgIpc) is 2.01. The highest BCUT2D eigenvalue weighted by molar-refractivity contribution is 5.26. The summed E-state index contributed by atoms with van der Waals surface area (Å²) in [6.07, 6.45) is 0. The molecule has 2 N–H and O–H groups in total. The van der Waals surface area contributed by atoms with Crippen molar-refractivity contribution < 1.29 is 0 Å². The van der Waals surface area contributed by atoms with Crippen molar-refractivity contribution in [3.8, 4) is 0 Å². The third kappa shape index (κ3) is 2.87. The fourth-order valence-corrected chi connectivity index (χ4v) is 1.11. The normalized spacial score (nSPS) is 11.0. The van der Waals surface area contributed by atoms with Gasteiger partial charge in [0.05, 0.1) is 5.69 Å². The van der Waals surface area contributed by atoms with Crippen molar-refractivity contribution in [3.05, 3.63) is 22.1 Å². The van der Waals surface area contributed by atoms with Gasteiger partial charge in [-0.3, -0.25) is 9.78 Å². The maximum Gasteiger partial charge on any atom is 0.252 e. The topological polar surface area (TPSA) is 57.8 Å². The summed E-state index contributed by atoms with van der Waals surface area (Å²) in [5.41, 5.74) is 0.712. The van der Waals surface area contributed by atoms with Crippen LogP contribution in [0.2, 0.25) is 0 Å². The van der Waals surface area contributed by atoms with Crippen LogP contribution in [0.15, 0.2) is 10.9 Å². The number of anilines is 1. The molecule has 0 aliphatic heterocycles. The van der Waals surface area contributed by atoms with Gasteiger partial charge >= 0.3 is 0 Å². The van der Waals surface area contributed by atoms with Crippen LogP contribution in [0.4, 0.5) is 5.95 Å². The Kier molecular flexibility index (Phi) is 3.28. The molecule has 0 unspecified atom stereocenters. The van der Waals surface area contributed by atoms with Crippen LogP contribution in [0, 0.1) is 0 Å². The number of nitrogens with one attached hydrogen (secondary N) is 2. The highest BCUT2D eigenvalue weighted by Crippen LogP contribution is 2.10. The minimum atomic E-state index is -0.105. The van der Waals surface area contributed by atoms with E-state index in [0.717, 1.165) is 5.69 Å². The van der Waals surface area contributed by atoms with Gasteiger partial charge in [0, 0.05) is 12.1 Å². The zero-order chi connectivity index (χ0) is 10.7. The molecule has 0 atom stereocenters. The van der Waals surface area contributed by atoms with Crippen LogP contribution in [-0.4, -0.2) is 16.0 Å². The predicted octanol–water partition coefficient (Wildman–Crippen LogP) is 1.71. The molecular formula is C10H17N3O. The first-order valence-corrected chi connectivity index (χ1v) is 4.87. The molecule has 0 aromatic carbocycles. The highest BCUT2D eigenvalue weighted by Gasteiger charge is 2.05. The molecule has 1 rings (SSSR count). The van der Waals surface area contributed by atoms with Gasteiger partial charge in [0.15, 0.2) is 0 Å². The summed E-state index contributed by atoms with van der Waals surface area (Å²) in [6.45, 7) is 8.03. The van der Waals surface area contributed by atoms with Crippen molar-refractivity contribution >= 4 is 5.95 Å². The van der Waals surface area contributed by atoms with Crippen molar-refractivity contribution in [1.29, 1.82) is 0 Å². The van der Waals surface area contributed by atoms with Crippen LogP contribution in [0.3, 0.4) is 0 Å². The first-order valence-electron chi connectivity index (χ1n) is 4.87. The minimum absolute atomic E-state index is 0.105. The zero-order valence-electron chi connectivity index (χ0n) is 9.09. The lowest BCUT2D eigenvalue weighted by molar-refractivity contribution is 0.797. The lowest BCUT2D eigenvalue weighted by Gasteiger charge is -2.10. The molecule has 0 aliphatic carbocycles. The number of hydrogen-bond acceptors (Lipinski definition) is 3. The molecule has 1 aromatic heterocycles. The third-order valence-corrected chi connectivity index (χ3v) is 1.78. The van der Waals surface area contributed by atoms with Gasteiger partial charge in [0.1, 0.15) is 0 Å². The van der Waals surface area contributed by atoms with E-state index in [2.05, 4.69) is 15.3 Å². The Morgan fingerprint density at radius 1 is 1.36 bits per heavy atom. The minimum Gasteiger partial charge on any atom is -0.354 e. The van der Waals surface area contributed by atoms with E-state index in [0.29, 0.717) is 5.95 Å². The maximum absolute atomic E-state index is 11.3. The third-order valence-electron chi connectivity index (χ3n) is 1.78. The Morgan fingerprint density at radius 2 is 2.00 bits per heavy atom. The molecule has 78 valence electrons. The summed E-state index contributed by atoms with van der Waals surface area (Å²) in [5.74, 6) is 0.821. The molecule has 0 saturated carbocycles. The number of aromatic nitrogens is 2. The molecule has 0 amide bonds. The summed E-state index contributed by atoms with van der Waals surface area (Å²) in [7, 11) is 0. The SMILES string of the molecule is CC(C)Nc1nc(C(C)C)cc(=O)[nH]1. The van der Waals surface area contributed by atoms with E-state index in [4.69, 9.17) is 0 Å². The van der Waals surface area contributed by atoms with Gasteiger partial charge in [-0.15, -0.1) is 0 Å². The maximum atomic E-state index is 11.3. The molecule has 1 heterocycles. The average molecular weight is 195 g/mol. The molecule has 0 fully saturated rings. The number of rotatable bonds is 3. The van der Waals surface area contributed by atoms with Gasteiger partial charge in [-0.05, 0) is 19.8 Å². The van der Waals surface area contributed by atoms with Crippen LogP contribution in [0.5, 0.6) is 0 Å². The van der Waals surface area contributed by atoms with Gasteiger partial charge in [0.2, 0.25) is 5.95 Å². The predicted molar refractivity (Wildman–Crippen MR) is 57.7 cm³/mol. The first-order chi connectivity index (χ1) is 6.49. The molecule has 4 nitrogen and oxygen atoms in total. The molecule has 14 heavy (non-hydrogen) atoms. The quantitative estimate of drug-likeness (QED) is 0.772. The standard InChI is InChI=1S/C10H17N3O/c1-6(2)8-5-9(14)13-10(12-8)11-7(3)4/h5-7H,1-4H3,(H2,11,12,13,14). The number of aromatic amines is 1. The van der Waals surface area contributed by atoms with E-state index in [9.17, 15) is 4.79 Å². The van der Waals surface area contributed by atoms with Gasteiger partial charge in [-0.25, -0.2) is 4.98 Å². The second-order valence-electron chi connectivity index (χ2n) is 3.97.